The molecule has 0 bridgehead atoms. The molecular formula is C14H18ClNO3. The Kier molecular flexibility index (Phi) is 7.11. The Morgan fingerprint density at radius 2 is 2.00 bits per heavy atom. The number of carbonyl (C=O) groups is 2. The molecule has 1 rings (SSSR count). The normalized spacial score (nSPS) is 10.2. The standard InChI is InChI=1S/C14H18ClNO3/c1-2-19-13(18)9-5-3-4-8-12(17)11-7-6-10-16-14(11)15/h6-7,10H,2-5,8-9H2,1H3. The Hall–Kier alpha value is -1.42. The van der Waals surface area contributed by atoms with E-state index in [2.05, 4.69) is 4.98 Å². The quantitative estimate of drug-likeness (QED) is 0.317. The lowest BCUT2D eigenvalue weighted by Crippen LogP contribution is -2.04. The Morgan fingerprint density at radius 3 is 2.68 bits per heavy atom. The number of carbonyl (C=O) groups excluding carboxylic acids is 2. The van der Waals surface area contributed by atoms with E-state index in [1.165, 1.54) is 0 Å². The Labute approximate surface area is 118 Å². The number of Topliss-reactive ketones (excluding diaryl/α,β-unsaturated/α-hetero) is 1. The molecule has 0 aliphatic heterocycles. The molecule has 104 valence electrons. The second-order valence-electron chi connectivity index (χ2n) is 4.13. The van der Waals surface area contributed by atoms with E-state index in [-0.39, 0.29) is 16.9 Å². The molecule has 1 heterocycles. The van der Waals surface area contributed by atoms with Crippen LogP contribution in [0.4, 0.5) is 0 Å². The fourth-order valence-electron chi connectivity index (χ4n) is 1.69. The molecule has 0 radical (unpaired) electrons. The van der Waals surface area contributed by atoms with Crippen LogP contribution in [-0.2, 0) is 9.53 Å². The summed E-state index contributed by atoms with van der Waals surface area (Å²) in [7, 11) is 0. The van der Waals surface area contributed by atoms with Crippen molar-refractivity contribution in [2.45, 2.75) is 39.0 Å². The number of aromatic nitrogens is 1. The number of rotatable bonds is 8. The molecule has 0 saturated carbocycles. The molecule has 0 aliphatic carbocycles. The van der Waals surface area contributed by atoms with Crippen molar-refractivity contribution in [2.24, 2.45) is 0 Å². The van der Waals surface area contributed by atoms with E-state index in [1.807, 2.05) is 0 Å². The molecule has 0 unspecified atom stereocenters. The molecule has 0 saturated heterocycles. The zero-order valence-electron chi connectivity index (χ0n) is 11.0. The molecule has 19 heavy (non-hydrogen) atoms. The van der Waals surface area contributed by atoms with Crippen molar-refractivity contribution in [1.29, 1.82) is 0 Å². The number of esters is 1. The first-order chi connectivity index (χ1) is 9.15. The minimum absolute atomic E-state index is 0.00534. The maximum Gasteiger partial charge on any atom is 0.305 e. The summed E-state index contributed by atoms with van der Waals surface area (Å²) >= 11 is 5.84. The van der Waals surface area contributed by atoms with Gasteiger partial charge in [0.1, 0.15) is 5.15 Å². The monoisotopic (exact) mass is 283 g/mol. The first kappa shape index (κ1) is 15.6. The van der Waals surface area contributed by atoms with Crippen molar-refractivity contribution in [1.82, 2.24) is 4.98 Å². The predicted molar refractivity (Wildman–Crippen MR) is 73.3 cm³/mol. The first-order valence-electron chi connectivity index (χ1n) is 6.44. The summed E-state index contributed by atoms with van der Waals surface area (Å²) in [4.78, 5) is 26.8. The van der Waals surface area contributed by atoms with Crippen LogP contribution >= 0.6 is 11.6 Å². The number of unbranched alkanes of at least 4 members (excludes halogenated alkanes) is 2. The molecule has 1 aromatic rings. The lowest BCUT2D eigenvalue weighted by Gasteiger charge is -2.03. The lowest BCUT2D eigenvalue weighted by atomic mass is 10.1. The molecule has 0 amide bonds. The molecule has 0 N–H and O–H groups in total. The molecule has 5 heteroatoms. The smallest absolute Gasteiger partial charge is 0.305 e. The molecule has 0 atom stereocenters. The maximum atomic E-state index is 11.8. The third-order valence-corrected chi connectivity index (χ3v) is 2.95. The molecule has 0 aromatic carbocycles. The van der Waals surface area contributed by atoms with Gasteiger partial charge in [0.15, 0.2) is 5.78 Å². The van der Waals surface area contributed by atoms with Gasteiger partial charge in [-0.1, -0.05) is 18.0 Å². The summed E-state index contributed by atoms with van der Waals surface area (Å²) in [6.45, 7) is 2.20. The van der Waals surface area contributed by atoms with E-state index < -0.39 is 0 Å². The van der Waals surface area contributed by atoms with Crippen molar-refractivity contribution >= 4 is 23.4 Å². The predicted octanol–water partition coefficient (Wildman–Crippen LogP) is 3.43. The van der Waals surface area contributed by atoms with Crippen LogP contribution in [0.3, 0.4) is 0 Å². The number of nitrogens with zero attached hydrogens (tertiary/aromatic N) is 1. The summed E-state index contributed by atoms with van der Waals surface area (Å²) in [5.41, 5.74) is 0.467. The molecule has 0 aliphatic rings. The molecule has 1 aromatic heterocycles. The van der Waals surface area contributed by atoms with Gasteiger partial charge in [0, 0.05) is 19.0 Å². The minimum Gasteiger partial charge on any atom is -0.466 e. The fourth-order valence-corrected chi connectivity index (χ4v) is 1.92. The van der Waals surface area contributed by atoms with Crippen molar-refractivity contribution in [2.75, 3.05) is 6.61 Å². The highest BCUT2D eigenvalue weighted by Crippen LogP contribution is 2.15. The van der Waals surface area contributed by atoms with Gasteiger partial charge in [-0.05, 0) is 31.9 Å². The van der Waals surface area contributed by atoms with Crippen LogP contribution in [0.25, 0.3) is 0 Å². The molecule has 0 fully saturated rings. The third kappa shape index (κ3) is 5.83. The molecule has 4 nitrogen and oxygen atoms in total. The van der Waals surface area contributed by atoms with E-state index >= 15 is 0 Å². The number of hydrogen-bond acceptors (Lipinski definition) is 4. The average molecular weight is 284 g/mol. The number of hydrogen-bond donors (Lipinski definition) is 0. The first-order valence-corrected chi connectivity index (χ1v) is 6.82. The number of halogens is 1. The summed E-state index contributed by atoms with van der Waals surface area (Å²) in [6.07, 6.45) is 4.70. The second kappa shape index (κ2) is 8.64. The Morgan fingerprint density at radius 1 is 1.26 bits per heavy atom. The summed E-state index contributed by atoms with van der Waals surface area (Å²) in [5.74, 6) is -0.182. The molecule has 0 spiro atoms. The van der Waals surface area contributed by atoms with E-state index in [9.17, 15) is 9.59 Å². The van der Waals surface area contributed by atoms with Crippen LogP contribution in [0, 0.1) is 0 Å². The highest BCUT2D eigenvalue weighted by atomic mass is 35.5. The van der Waals surface area contributed by atoms with Crippen molar-refractivity contribution < 1.29 is 14.3 Å². The van der Waals surface area contributed by atoms with Gasteiger partial charge in [0.25, 0.3) is 0 Å². The van der Waals surface area contributed by atoms with Crippen LogP contribution in [0.2, 0.25) is 5.15 Å². The fraction of sp³-hybridized carbons (Fsp3) is 0.500. The van der Waals surface area contributed by atoms with Crippen molar-refractivity contribution in [3.63, 3.8) is 0 Å². The summed E-state index contributed by atoms with van der Waals surface area (Å²) in [6, 6.07) is 3.37. The van der Waals surface area contributed by atoms with E-state index in [0.717, 1.165) is 19.3 Å². The van der Waals surface area contributed by atoms with Gasteiger partial charge in [-0.25, -0.2) is 4.98 Å². The van der Waals surface area contributed by atoms with E-state index in [0.29, 0.717) is 25.0 Å². The van der Waals surface area contributed by atoms with Crippen LogP contribution in [-0.4, -0.2) is 23.3 Å². The molecular weight excluding hydrogens is 266 g/mol. The maximum absolute atomic E-state index is 11.8. The topological polar surface area (TPSA) is 56.3 Å². The van der Waals surface area contributed by atoms with E-state index in [4.69, 9.17) is 16.3 Å². The number of ketones is 1. The minimum atomic E-state index is -0.177. The summed E-state index contributed by atoms with van der Waals surface area (Å²) in [5, 5.41) is 0.249. The second-order valence-corrected chi connectivity index (χ2v) is 4.49. The Bertz CT molecular complexity index is 434. The lowest BCUT2D eigenvalue weighted by molar-refractivity contribution is -0.143. The van der Waals surface area contributed by atoms with Gasteiger partial charge in [0.2, 0.25) is 0 Å². The van der Waals surface area contributed by atoms with Gasteiger partial charge in [0.05, 0.1) is 12.2 Å². The van der Waals surface area contributed by atoms with Crippen molar-refractivity contribution in [3.05, 3.63) is 29.0 Å². The van der Waals surface area contributed by atoms with Crippen LogP contribution < -0.4 is 0 Å². The van der Waals surface area contributed by atoms with Gasteiger partial charge < -0.3 is 4.74 Å². The summed E-state index contributed by atoms with van der Waals surface area (Å²) < 4.78 is 4.82. The highest BCUT2D eigenvalue weighted by molar-refractivity contribution is 6.32. The SMILES string of the molecule is CCOC(=O)CCCCCC(=O)c1cccnc1Cl. The van der Waals surface area contributed by atoms with Gasteiger partial charge in [-0.2, -0.15) is 0 Å². The van der Waals surface area contributed by atoms with Crippen molar-refractivity contribution in [3.8, 4) is 0 Å². The van der Waals surface area contributed by atoms with Crippen LogP contribution in [0.1, 0.15) is 49.4 Å². The van der Waals surface area contributed by atoms with E-state index in [1.54, 1.807) is 25.3 Å². The van der Waals surface area contributed by atoms with Crippen LogP contribution in [0.15, 0.2) is 18.3 Å². The average Bonchev–Trinajstić information content (AvgIpc) is 2.39. The van der Waals surface area contributed by atoms with Gasteiger partial charge in [-0.15, -0.1) is 0 Å². The van der Waals surface area contributed by atoms with Gasteiger partial charge >= 0.3 is 5.97 Å². The zero-order chi connectivity index (χ0) is 14.1. The van der Waals surface area contributed by atoms with Crippen LogP contribution in [0.5, 0.6) is 0 Å². The largest absolute Gasteiger partial charge is 0.466 e. The Balaban J connectivity index is 2.21. The number of pyridine rings is 1. The number of ether oxygens (including phenoxy) is 1. The third-order valence-electron chi connectivity index (χ3n) is 2.65. The van der Waals surface area contributed by atoms with Gasteiger partial charge in [-0.3, -0.25) is 9.59 Å². The highest BCUT2D eigenvalue weighted by Gasteiger charge is 2.10. The zero-order valence-corrected chi connectivity index (χ0v) is 11.8.